The second-order valence-electron chi connectivity index (χ2n) is 7.02. The number of fused-ring (bicyclic) bond motifs is 2. The maximum Gasteiger partial charge on any atom is 0.0901 e. The molecule has 0 aromatic heterocycles. The lowest BCUT2D eigenvalue weighted by Crippen LogP contribution is -2.95. The summed E-state index contributed by atoms with van der Waals surface area (Å²) in [5, 5.41) is 3.27. The molecule has 0 fully saturated rings. The first-order valence-electron chi connectivity index (χ1n) is 8.68. The summed E-state index contributed by atoms with van der Waals surface area (Å²) < 4.78 is 0. The van der Waals surface area contributed by atoms with Crippen molar-refractivity contribution in [2.45, 2.75) is 48.9 Å². The topological polar surface area (TPSA) is 19.9 Å². The zero-order valence-corrected chi connectivity index (χ0v) is 16.3. The molecule has 0 saturated carbocycles. The molecule has 0 spiro atoms. The fourth-order valence-corrected chi connectivity index (χ4v) is 4.17. The molecule has 0 saturated heterocycles. The fourth-order valence-electron chi connectivity index (χ4n) is 2.93. The van der Waals surface area contributed by atoms with Gasteiger partial charge in [0.2, 0.25) is 0 Å². The van der Waals surface area contributed by atoms with Crippen molar-refractivity contribution in [3.8, 4) is 0 Å². The minimum absolute atomic E-state index is 0.330. The molecule has 4 heteroatoms. The minimum Gasteiger partial charge on any atom is -0.342 e. The number of benzene rings is 2. The summed E-state index contributed by atoms with van der Waals surface area (Å²) in [4.78, 5) is 5.04. The number of nitrogens with two attached hydrogens (primary N) is 1. The van der Waals surface area contributed by atoms with Crippen LogP contribution in [-0.4, -0.2) is 18.6 Å². The number of hydrogen-bond donors (Lipinski definition) is 1. The van der Waals surface area contributed by atoms with E-state index in [9.17, 15) is 0 Å². The Morgan fingerprint density at radius 3 is 2.62 bits per heavy atom. The summed E-state index contributed by atoms with van der Waals surface area (Å²) in [6.45, 7) is 9.04. The molecule has 0 radical (unpaired) electrons. The van der Waals surface area contributed by atoms with E-state index in [1.807, 2.05) is 17.8 Å². The van der Waals surface area contributed by atoms with Crippen LogP contribution in [0.25, 0.3) is 0 Å². The summed E-state index contributed by atoms with van der Waals surface area (Å²) in [6, 6.07) is 14.9. The number of hydrogen-bond acceptors (Lipinski definition) is 2. The van der Waals surface area contributed by atoms with Crippen LogP contribution in [0.3, 0.4) is 0 Å². The van der Waals surface area contributed by atoms with E-state index >= 15 is 0 Å². The van der Waals surface area contributed by atoms with Gasteiger partial charge in [-0.3, -0.25) is 0 Å². The molecule has 0 aliphatic carbocycles. The Balaban J connectivity index is 1.78. The van der Waals surface area contributed by atoms with Gasteiger partial charge in [-0.2, -0.15) is 0 Å². The number of anilines is 2. The summed E-state index contributed by atoms with van der Waals surface area (Å²) in [5.74, 6) is 0. The average molecular weight is 362 g/mol. The van der Waals surface area contributed by atoms with Gasteiger partial charge in [-0.05, 0) is 50.6 Å². The number of nitrogens with zero attached hydrogens (tertiary/aromatic N) is 1. The summed E-state index contributed by atoms with van der Waals surface area (Å²) in [5.41, 5.74) is 2.87. The minimum atomic E-state index is 0.330. The molecule has 1 aliphatic heterocycles. The Labute approximate surface area is 154 Å². The average Bonchev–Trinajstić information content (AvgIpc) is 2.58. The Morgan fingerprint density at radius 1 is 1.08 bits per heavy atom. The lowest BCUT2D eigenvalue weighted by molar-refractivity contribution is -0.721. The van der Waals surface area contributed by atoms with Gasteiger partial charge in [-0.25, -0.2) is 0 Å². The normalized spacial score (nSPS) is 13.6. The predicted molar refractivity (Wildman–Crippen MR) is 105 cm³/mol. The number of rotatable bonds is 6. The standard InChI is InChI=1S/C20H25ClN2S/c1-4-20(2,3)22-12-7-13-23-16-8-5-6-9-18(16)24-19-11-10-15(21)14-17(19)23/h5-6,8-11,14,22H,4,7,12-13H2,1-3H3/p+1. The molecule has 0 atom stereocenters. The monoisotopic (exact) mass is 361 g/mol. The van der Waals surface area contributed by atoms with Gasteiger partial charge in [0.05, 0.1) is 23.5 Å². The molecule has 3 rings (SSSR count). The Hall–Kier alpha value is -1.16. The fraction of sp³-hybridized carbons (Fsp3) is 0.400. The van der Waals surface area contributed by atoms with Crippen molar-refractivity contribution in [3.63, 3.8) is 0 Å². The maximum atomic E-state index is 6.27. The van der Waals surface area contributed by atoms with E-state index in [2.05, 4.69) is 67.4 Å². The first-order chi connectivity index (χ1) is 11.5. The van der Waals surface area contributed by atoms with Crippen LogP contribution >= 0.6 is 23.4 Å². The first kappa shape index (κ1) is 17.7. The zero-order valence-electron chi connectivity index (χ0n) is 14.7. The van der Waals surface area contributed by atoms with Crippen LogP contribution < -0.4 is 10.2 Å². The lowest BCUT2D eigenvalue weighted by atomic mass is 10.0. The molecule has 2 aromatic rings. The highest BCUT2D eigenvalue weighted by atomic mass is 35.5. The largest absolute Gasteiger partial charge is 0.342 e. The van der Waals surface area contributed by atoms with E-state index in [0.29, 0.717) is 5.54 Å². The molecule has 0 bridgehead atoms. The van der Waals surface area contributed by atoms with Crippen molar-refractivity contribution in [1.29, 1.82) is 0 Å². The molecule has 2 N–H and O–H groups in total. The molecule has 24 heavy (non-hydrogen) atoms. The van der Waals surface area contributed by atoms with E-state index in [-0.39, 0.29) is 0 Å². The third-order valence-electron chi connectivity index (χ3n) is 4.78. The SMILES string of the molecule is CCC(C)(C)[NH2+]CCCN1c2ccccc2Sc2ccc(Cl)cc21. The third-order valence-corrected chi connectivity index (χ3v) is 6.15. The van der Waals surface area contributed by atoms with Gasteiger partial charge in [-0.1, -0.05) is 42.4 Å². The van der Waals surface area contributed by atoms with Crippen LogP contribution in [0, 0.1) is 0 Å². The van der Waals surface area contributed by atoms with Crippen molar-refractivity contribution in [3.05, 3.63) is 47.5 Å². The van der Waals surface area contributed by atoms with Crippen LogP contribution in [-0.2, 0) is 0 Å². The maximum absolute atomic E-state index is 6.27. The van der Waals surface area contributed by atoms with E-state index in [4.69, 9.17) is 11.6 Å². The van der Waals surface area contributed by atoms with Crippen molar-refractivity contribution >= 4 is 34.7 Å². The molecule has 0 unspecified atom stereocenters. The van der Waals surface area contributed by atoms with Crippen molar-refractivity contribution in [2.24, 2.45) is 0 Å². The highest BCUT2D eigenvalue weighted by molar-refractivity contribution is 7.99. The number of para-hydroxylation sites is 1. The van der Waals surface area contributed by atoms with E-state index in [1.54, 1.807) is 0 Å². The van der Waals surface area contributed by atoms with Crippen LogP contribution in [0.2, 0.25) is 5.02 Å². The van der Waals surface area contributed by atoms with Crippen LogP contribution in [0.4, 0.5) is 11.4 Å². The van der Waals surface area contributed by atoms with Crippen molar-refractivity contribution in [2.75, 3.05) is 18.0 Å². The van der Waals surface area contributed by atoms with Gasteiger partial charge in [0.25, 0.3) is 0 Å². The molecule has 1 aliphatic rings. The Kier molecular flexibility index (Phi) is 5.43. The van der Waals surface area contributed by atoms with Crippen LogP contribution in [0.5, 0.6) is 0 Å². The summed E-state index contributed by atoms with van der Waals surface area (Å²) in [6.07, 6.45) is 2.34. The molecule has 2 nitrogen and oxygen atoms in total. The quantitative estimate of drug-likeness (QED) is 0.723. The second-order valence-corrected chi connectivity index (χ2v) is 8.54. The molecule has 2 aromatic carbocycles. The molecule has 1 heterocycles. The lowest BCUT2D eigenvalue weighted by Gasteiger charge is -2.33. The highest BCUT2D eigenvalue weighted by Crippen LogP contribution is 2.48. The zero-order chi connectivity index (χ0) is 17.2. The Morgan fingerprint density at radius 2 is 1.83 bits per heavy atom. The van der Waals surface area contributed by atoms with E-state index in [0.717, 1.165) is 24.5 Å². The smallest absolute Gasteiger partial charge is 0.0901 e. The third kappa shape index (κ3) is 3.90. The summed E-state index contributed by atoms with van der Waals surface area (Å²) in [7, 11) is 0. The van der Waals surface area contributed by atoms with Gasteiger partial charge in [0.1, 0.15) is 0 Å². The van der Waals surface area contributed by atoms with E-state index in [1.165, 1.54) is 27.6 Å². The summed E-state index contributed by atoms with van der Waals surface area (Å²) >= 11 is 8.10. The van der Waals surface area contributed by atoms with Gasteiger partial charge >= 0.3 is 0 Å². The van der Waals surface area contributed by atoms with Crippen molar-refractivity contribution in [1.82, 2.24) is 0 Å². The van der Waals surface area contributed by atoms with Crippen molar-refractivity contribution < 1.29 is 5.32 Å². The van der Waals surface area contributed by atoms with Gasteiger partial charge in [0.15, 0.2) is 0 Å². The highest BCUT2D eigenvalue weighted by Gasteiger charge is 2.24. The second kappa shape index (κ2) is 7.38. The Bertz CT molecular complexity index is 715. The number of halogens is 1. The van der Waals surface area contributed by atoms with Gasteiger partial charge < -0.3 is 10.2 Å². The van der Waals surface area contributed by atoms with Gasteiger partial charge in [-0.15, -0.1) is 0 Å². The molecular weight excluding hydrogens is 336 g/mol. The van der Waals surface area contributed by atoms with Gasteiger partial charge in [0, 0.05) is 27.8 Å². The van der Waals surface area contributed by atoms with E-state index < -0.39 is 0 Å². The molecule has 0 amide bonds. The van der Waals surface area contributed by atoms with Crippen LogP contribution in [0.1, 0.15) is 33.6 Å². The number of quaternary nitrogens is 1. The predicted octanol–water partition coefficient (Wildman–Crippen LogP) is 5.08. The first-order valence-corrected chi connectivity index (χ1v) is 9.88. The molecular formula is C20H26ClN2S+. The van der Waals surface area contributed by atoms with Crippen LogP contribution in [0.15, 0.2) is 52.3 Å². The molecule has 128 valence electrons.